The van der Waals surface area contributed by atoms with Gasteiger partial charge in [0.2, 0.25) is 0 Å². The van der Waals surface area contributed by atoms with Crippen LogP contribution in [-0.4, -0.2) is 25.7 Å². The molecule has 4 heteroatoms. The van der Waals surface area contributed by atoms with Crippen LogP contribution < -0.4 is 10.2 Å². The van der Waals surface area contributed by atoms with E-state index in [1.165, 1.54) is 18.5 Å². The molecule has 0 aromatic heterocycles. The lowest BCUT2D eigenvalue weighted by Crippen LogP contribution is -2.38. The lowest BCUT2D eigenvalue weighted by molar-refractivity contribution is 0.436. The van der Waals surface area contributed by atoms with Gasteiger partial charge in [0.1, 0.15) is 0 Å². The molecule has 0 aliphatic carbocycles. The van der Waals surface area contributed by atoms with Crippen molar-refractivity contribution in [3.05, 3.63) is 27.7 Å². The molecular formula is C15H22BrClN2. The molecule has 19 heavy (non-hydrogen) atoms. The SMILES string of the molecule is CC(C)CC1CN(c2ccc(Cl)cc2Br)CCCN1. The Labute approximate surface area is 129 Å². The van der Waals surface area contributed by atoms with Gasteiger partial charge >= 0.3 is 0 Å². The molecule has 2 rings (SSSR count). The average molecular weight is 346 g/mol. The molecule has 1 saturated heterocycles. The predicted octanol–water partition coefficient (Wildman–Crippen LogP) is 4.32. The van der Waals surface area contributed by atoms with E-state index < -0.39 is 0 Å². The second-order valence-electron chi connectivity index (χ2n) is 5.68. The van der Waals surface area contributed by atoms with Crippen LogP contribution in [0.3, 0.4) is 0 Å². The Kier molecular flexibility index (Phi) is 5.55. The summed E-state index contributed by atoms with van der Waals surface area (Å²) in [6.45, 7) is 7.85. The maximum absolute atomic E-state index is 6.02. The van der Waals surface area contributed by atoms with Gasteiger partial charge in [-0.25, -0.2) is 0 Å². The molecule has 0 bridgehead atoms. The van der Waals surface area contributed by atoms with E-state index in [0.717, 1.165) is 35.0 Å². The first-order chi connectivity index (χ1) is 9.06. The van der Waals surface area contributed by atoms with Gasteiger partial charge in [0.15, 0.2) is 0 Å². The number of hydrogen-bond acceptors (Lipinski definition) is 2. The van der Waals surface area contributed by atoms with Crippen molar-refractivity contribution in [2.45, 2.75) is 32.7 Å². The van der Waals surface area contributed by atoms with E-state index in [2.05, 4.69) is 46.1 Å². The van der Waals surface area contributed by atoms with Gasteiger partial charge < -0.3 is 10.2 Å². The van der Waals surface area contributed by atoms with Crippen LogP contribution in [0.5, 0.6) is 0 Å². The number of rotatable bonds is 3. The molecule has 106 valence electrons. The molecule has 1 unspecified atom stereocenters. The summed E-state index contributed by atoms with van der Waals surface area (Å²) in [6, 6.07) is 6.64. The summed E-state index contributed by atoms with van der Waals surface area (Å²) < 4.78 is 1.09. The van der Waals surface area contributed by atoms with Crippen molar-refractivity contribution in [2.24, 2.45) is 5.92 Å². The Hall–Kier alpha value is -0.250. The minimum absolute atomic E-state index is 0.574. The first-order valence-corrected chi connectivity index (χ1v) is 8.16. The van der Waals surface area contributed by atoms with Crippen molar-refractivity contribution >= 4 is 33.2 Å². The summed E-state index contributed by atoms with van der Waals surface area (Å²) in [4.78, 5) is 2.47. The highest BCUT2D eigenvalue weighted by molar-refractivity contribution is 9.10. The minimum Gasteiger partial charge on any atom is -0.369 e. The highest BCUT2D eigenvalue weighted by Gasteiger charge is 2.20. The number of nitrogens with zero attached hydrogens (tertiary/aromatic N) is 1. The van der Waals surface area contributed by atoms with Crippen LogP contribution in [-0.2, 0) is 0 Å². The summed E-state index contributed by atoms with van der Waals surface area (Å²) in [5, 5.41) is 4.44. The largest absolute Gasteiger partial charge is 0.369 e. The van der Waals surface area contributed by atoms with Crippen LogP contribution in [0.1, 0.15) is 26.7 Å². The molecular weight excluding hydrogens is 324 g/mol. The van der Waals surface area contributed by atoms with Crippen LogP contribution >= 0.6 is 27.5 Å². The molecule has 0 spiro atoms. The Bertz CT molecular complexity index is 423. The third-order valence-corrected chi connectivity index (χ3v) is 4.36. The van der Waals surface area contributed by atoms with Crippen molar-refractivity contribution in [3.63, 3.8) is 0 Å². The Balaban J connectivity index is 2.13. The normalized spacial score (nSPS) is 20.7. The topological polar surface area (TPSA) is 15.3 Å². The zero-order valence-electron chi connectivity index (χ0n) is 11.6. The van der Waals surface area contributed by atoms with Gasteiger partial charge in [0.25, 0.3) is 0 Å². The van der Waals surface area contributed by atoms with E-state index in [9.17, 15) is 0 Å². The third kappa shape index (κ3) is 4.37. The molecule has 2 nitrogen and oxygen atoms in total. The standard InChI is InChI=1S/C15H22BrClN2/c1-11(2)8-13-10-19(7-3-6-18-13)15-5-4-12(17)9-14(15)16/h4-5,9,11,13,18H,3,6-8,10H2,1-2H3. The molecule has 1 aliphatic rings. The van der Waals surface area contributed by atoms with Crippen LogP contribution in [0.4, 0.5) is 5.69 Å². The summed E-state index contributed by atoms with van der Waals surface area (Å²) in [7, 11) is 0. The highest BCUT2D eigenvalue weighted by atomic mass is 79.9. The number of hydrogen-bond donors (Lipinski definition) is 1. The Morgan fingerprint density at radius 1 is 1.47 bits per heavy atom. The van der Waals surface area contributed by atoms with Crippen LogP contribution in [0.15, 0.2) is 22.7 Å². The quantitative estimate of drug-likeness (QED) is 0.878. The zero-order valence-corrected chi connectivity index (χ0v) is 14.0. The molecule has 0 radical (unpaired) electrons. The van der Waals surface area contributed by atoms with E-state index >= 15 is 0 Å². The Morgan fingerprint density at radius 2 is 2.26 bits per heavy atom. The number of anilines is 1. The minimum atomic E-state index is 0.574. The van der Waals surface area contributed by atoms with E-state index in [1.807, 2.05) is 12.1 Å². The lowest BCUT2D eigenvalue weighted by atomic mass is 10.0. The first kappa shape index (κ1) is 15.1. The Morgan fingerprint density at radius 3 is 2.95 bits per heavy atom. The van der Waals surface area contributed by atoms with Gasteiger partial charge in [0, 0.05) is 28.6 Å². The van der Waals surface area contributed by atoms with Gasteiger partial charge in [0.05, 0.1) is 5.69 Å². The van der Waals surface area contributed by atoms with Crippen molar-refractivity contribution in [2.75, 3.05) is 24.5 Å². The fraction of sp³-hybridized carbons (Fsp3) is 0.600. The molecule has 1 fully saturated rings. The second kappa shape index (κ2) is 6.96. The number of nitrogens with one attached hydrogen (secondary N) is 1. The molecule has 0 saturated carbocycles. The van der Waals surface area contributed by atoms with Gasteiger partial charge in [-0.15, -0.1) is 0 Å². The molecule has 1 heterocycles. The molecule has 1 atom stereocenters. The number of halogens is 2. The van der Waals surface area contributed by atoms with Gasteiger partial charge in [-0.05, 0) is 59.4 Å². The fourth-order valence-corrected chi connectivity index (χ4v) is 3.61. The second-order valence-corrected chi connectivity index (χ2v) is 6.97. The van der Waals surface area contributed by atoms with E-state index in [4.69, 9.17) is 11.6 Å². The zero-order chi connectivity index (χ0) is 13.8. The maximum Gasteiger partial charge on any atom is 0.0512 e. The molecule has 0 amide bonds. The van der Waals surface area contributed by atoms with Crippen LogP contribution in [0.2, 0.25) is 5.02 Å². The summed E-state index contributed by atoms with van der Waals surface area (Å²) in [5.41, 5.74) is 1.25. The van der Waals surface area contributed by atoms with E-state index in [0.29, 0.717) is 6.04 Å². The van der Waals surface area contributed by atoms with Crippen LogP contribution in [0, 0.1) is 5.92 Å². The average Bonchev–Trinajstić information content (AvgIpc) is 2.53. The summed E-state index contributed by atoms with van der Waals surface area (Å²) >= 11 is 9.66. The molecule has 1 aromatic carbocycles. The molecule has 1 aromatic rings. The highest BCUT2D eigenvalue weighted by Crippen LogP contribution is 2.30. The predicted molar refractivity (Wildman–Crippen MR) is 87.2 cm³/mol. The molecule has 1 N–H and O–H groups in total. The van der Waals surface area contributed by atoms with E-state index in [-0.39, 0.29) is 0 Å². The van der Waals surface area contributed by atoms with E-state index in [1.54, 1.807) is 0 Å². The molecule has 1 aliphatic heterocycles. The third-order valence-electron chi connectivity index (χ3n) is 3.48. The summed E-state index contributed by atoms with van der Waals surface area (Å²) in [6.07, 6.45) is 2.41. The van der Waals surface area contributed by atoms with Gasteiger partial charge in [-0.3, -0.25) is 0 Å². The fourth-order valence-electron chi connectivity index (χ4n) is 2.68. The van der Waals surface area contributed by atoms with Gasteiger partial charge in [-0.2, -0.15) is 0 Å². The van der Waals surface area contributed by atoms with Crippen molar-refractivity contribution in [1.29, 1.82) is 0 Å². The van der Waals surface area contributed by atoms with Gasteiger partial charge in [-0.1, -0.05) is 25.4 Å². The van der Waals surface area contributed by atoms with Crippen LogP contribution in [0.25, 0.3) is 0 Å². The smallest absolute Gasteiger partial charge is 0.0512 e. The monoisotopic (exact) mass is 344 g/mol. The van der Waals surface area contributed by atoms with Crippen molar-refractivity contribution < 1.29 is 0 Å². The maximum atomic E-state index is 6.02. The lowest BCUT2D eigenvalue weighted by Gasteiger charge is -2.28. The number of benzene rings is 1. The first-order valence-electron chi connectivity index (χ1n) is 6.99. The summed E-state index contributed by atoms with van der Waals surface area (Å²) in [5.74, 6) is 0.728. The van der Waals surface area contributed by atoms with Crippen molar-refractivity contribution in [3.8, 4) is 0 Å². The van der Waals surface area contributed by atoms with Crippen molar-refractivity contribution in [1.82, 2.24) is 5.32 Å².